The highest BCUT2D eigenvalue weighted by Gasteiger charge is 2.32. The standard InChI is InChI=1S/C13H13Cl2N3O4/c14-10-6-9(18(21)22)1-2-11(10)16-3-4-17-7-8(13(15)20)5-12(17)19/h1-2,6,8,16H,3-5,7H2. The van der Waals surface area contributed by atoms with E-state index in [4.69, 9.17) is 23.2 Å². The molecule has 0 radical (unpaired) electrons. The van der Waals surface area contributed by atoms with Crippen LogP contribution in [0.25, 0.3) is 0 Å². The molecule has 1 fully saturated rings. The molecule has 0 aromatic heterocycles. The van der Waals surface area contributed by atoms with Crippen LogP contribution >= 0.6 is 23.2 Å². The van der Waals surface area contributed by atoms with Crippen molar-refractivity contribution in [3.63, 3.8) is 0 Å². The lowest BCUT2D eigenvalue weighted by Crippen LogP contribution is -2.30. The summed E-state index contributed by atoms with van der Waals surface area (Å²) in [6, 6.07) is 4.11. The average molecular weight is 346 g/mol. The fraction of sp³-hybridized carbons (Fsp3) is 0.385. The number of rotatable bonds is 6. The van der Waals surface area contributed by atoms with Gasteiger partial charge in [-0.15, -0.1) is 0 Å². The fourth-order valence-electron chi connectivity index (χ4n) is 2.23. The summed E-state index contributed by atoms with van der Waals surface area (Å²) < 4.78 is 0. The number of non-ortho nitro benzene ring substituents is 1. The van der Waals surface area contributed by atoms with Gasteiger partial charge in [-0.1, -0.05) is 11.6 Å². The van der Waals surface area contributed by atoms with Gasteiger partial charge in [0.1, 0.15) is 0 Å². The molecular formula is C13H13Cl2N3O4. The molecule has 7 nitrogen and oxygen atoms in total. The van der Waals surface area contributed by atoms with Crippen LogP contribution < -0.4 is 5.32 Å². The number of halogens is 2. The monoisotopic (exact) mass is 345 g/mol. The first-order chi connectivity index (χ1) is 10.4. The van der Waals surface area contributed by atoms with Crippen molar-refractivity contribution in [2.75, 3.05) is 25.0 Å². The highest BCUT2D eigenvalue weighted by molar-refractivity contribution is 6.64. The highest BCUT2D eigenvalue weighted by atomic mass is 35.5. The second-order valence-electron chi connectivity index (χ2n) is 4.89. The zero-order valence-corrected chi connectivity index (χ0v) is 12.9. The third kappa shape index (κ3) is 3.86. The molecule has 1 saturated heterocycles. The first-order valence-electron chi connectivity index (χ1n) is 6.53. The molecule has 118 valence electrons. The van der Waals surface area contributed by atoms with Gasteiger partial charge in [0.25, 0.3) is 5.69 Å². The lowest BCUT2D eigenvalue weighted by atomic mass is 10.1. The summed E-state index contributed by atoms with van der Waals surface area (Å²) in [7, 11) is 0. The Morgan fingerprint density at radius 2 is 2.23 bits per heavy atom. The fourth-order valence-corrected chi connectivity index (χ4v) is 2.61. The van der Waals surface area contributed by atoms with Gasteiger partial charge in [-0.25, -0.2) is 0 Å². The predicted octanol–water partition coefficient (Wildman–Crippen LogP) is 2.27. The summed E-state index contributed by atoms with van der Waals surface area (Å²) in [6.07, 6.45) is 0.140. The average Bonchev–Trinajstić information content (AvgIpc) is 2.82. The molecule has 1 heterocycles. The van der Waals surface area contributed by atoms with Gasteiger partial charge in [-0.05, 0) is 17.7 Å². The van der Waals surface area contributed by atoms with Gasteiger partial charge >= 0.3 is 0 Å². The van der Waals surface area contributed by atoms with Crippen molar-refractivity contribution in [2.24, 2.45) is 5.92 Å². The molecule has 0 saturated carbocycles. The number of carbonyl (C=O) groups excluding carboxylic acids is 2. The number of hydrogen-bond acceptors (Lipinski definition) is 5. The maximum Gasteiger partial charge on any atom is 0.271 e. The van der Waals surface area contributed by atoms with Gasteiger partial charge in [0.15, 0.2) is 0 Å². The summed E-state index contributed by atoms with van der Waals surface area (Å²) >= 11 is 11.4. The number of amides is 1. The summed E-state index contributed by atoms with van der Waals surface area (Å²) in [5, 5.41) is 13.4. The van der Waals surface area contributed by atoms with E-state index in [0.717, 1.165) is 0 Å². The van der Waals surface area contributed by atoms with Crippen molar-refractivity contribution in [2.45, 2.75) is 6.42 Å². The van der Waals surface area contributed by atoms with Crippen molar-refractivity contribution in [1.29, 1.82) is 0 Å². The maximum atomic E-state index is 11.7. The second kappa shape index (κ2) is 6.93. The minimum atomic E-state index is -0.526. The Bertz CT molecular complexity index is 623. The number of nitro benzene ring substituents is 1. The maximum absolute atomic E-state index is 11.7. The van der Waals surface area contributed by atoms with Crippen LogP contribution in [-0.4, -0.2) is 40.6 Å². The molecule has 0 bridgehead atoms. The molecule has 1 atom stereocenters. The van der Waals surface area contributed by atoms with E-state index in [9.17, 15) is 19.7 Å². The van der Waals surface area contributed by atoms with Gasteiger partial charge in [-0.3, -0.25) is 19.7 Å². The predicted molar refractivity (Wildman–Crippen MR) is 82.1 cm³/mol. The van der Waals surface area contributed by atoms with Crippen LogP contribution in [0.15, 0.2) is 18.2 Å². The first-order valence-corrected chi connectivity index (χ1v) is 7.29. The number of carbonyl (C=O) groups is 2. The van der Waals surface area contributed by atoms with Crippen LogP contribution in [0.5, 0.6) is 0 Å². The number of hydrogen-bond donors (Lipinski definition) is 1. The van der Waals surface area contributed by atoms with E-state index in [1.165, 1.54) is 18.2 Å². The summed E-state index contributed by atoms with van der Waals surface area (Å²) in [5.74, 6) is -0.562. The van der Waals surface area contributed by atoms with Crippen LogP contribution in [0.2, 0.25) is 5.02 Å². The number of anilines is 1. The molecule has 1 N–H and O–H groups in total. The van der Waals surface area contributed by atoms with Crippen LogP contribution in [-0.2, 0) is 9.59 Å². The quantitative estimate of drug-likeness (QED) is 0.485. The summed E-state index contributed by atoms with van der Waals surface area (Å²) in [6.45, 7) is 1.12. The molecule has 2 rings (SSSR count). The third-order valence-corrected chi connectivity index (χ3v) is 4.02. The van der Waals surface area contributed by atoms with E-state index in [0.29, 0.717) is 25.3 Å². The number of benzene rings is 1. The molecular weight excluding hydrogens is 333 g/mol. The normalized spacial score (nSPS) is 17.6. The van der Waals surface area contributed by atoms with Gasteiger partial charge in [0, 0.05) is 38.2 Å². The van der Waals surface area contributed by atoms with Gasteiger partial charge < -0.3 is 10.2 Å². The Morgan fingerprint density at radius 3 is 2.77 bits per heavy atom. The molecule has 1 amide bonds. The number of nitrogens with one attached hydrogen (secondary N) is 1. The third-order valence-electron chi connectivity index (χ3n) is 3.40. The molecule has 1 aromatic carbocycles. The van der Waals surface area contributed by atoms with E-state index in [1.54, 1.807) is 4.90 Å². The van der Waals surface area contributed by atoms with Crippen molar-refractivity contribution in [1.82, 2.24) is 4.90 Å². The molecule has 0 spiro atoms. The zero-order valence-electron chi connectivity index (χ0n) is 11.4. The number of likely N-dealkylation sites (tertiary alicyclic amines) is 1. The van der Waals surface area contributed by atoms with E-state index in [-0.39, 0.29) is 23.0 Å². The molecule has 9 heteroatoms. The molecule has 1 unspecified atom stereocenters. The van der Waals surface area contributed by atoms with Crippen molar-refractivity contribution in [3.05, 3.63) is 33.3 Å². The van der Waals surface area contributed by atoms with Crippen LogP contribution in [0.4, 0.5) is 11.4 Å². The van der Waals surface area contributed by atoms with Crippen LogP contribution in [0.3, 0.4) is 0 Å². The Kier molecular flexibility index (Phi) is 5.20. The Morgan fingerprint density at radius 1 is 1.50 bits per heavy atom. The van der Waals surface area contributed by atoms with Gasteiger partial charge in [0.05, 0.1) is 21.6 Å². The molecule has 1 aliphatic rings. The zero-order chi connectivity index (χ0) is 16.3. The minimum Gasteiger partial charge on any atom is -0.382 e. The molecule has 1 aromatic rings. The summed E-state index contributed by atoms with van der Waals surface area (Å²) in [4.78, 5) is 34.4. The topological polar surface area (TPSA) is 92.6 Å². The second-order valence-corrected chi connectivity index (χ2v) is 5.67. The van der Waals surface area contributed by atoms with Crippen molar-refractivity contribution >= 4 is 45.7 Å². The molecule has 0 aliphatic carbocycles. The van der Waals surface area contributed by atoms with E-state index < -0.39 is 16.1 Å². The van der Waals surface area contributed by atoms with E-state index in [1.807, 2.05) is 0 Å². The van der Waals surface area contributed by atoms with Crippen molar-refractivity contribution in [3.8, 4) is 0 Å². The van der Waals surface area contributed by atoms with E-state index in [2.05, 4.69) is 5.32 Å². The molecule has 22 heavy (non-hydrogen) atoms. The highest BCUT2D eigenvalue weighted by Crippen LogP contribution is 2.26. The van der Waals surface area contributed by atoms with E-state index >= 15 is 0 Å². The SMILES string of the molecule is O=C(Cl)C1CC(=O)N(CCNc2ccc([N+](=O)[O-])cc2Cl)C1. The van der Waals surface area contributed by atoms with Gasteiger partial charge in [-0.2, -0.15) is 0 Å². The largest absolute Gasteiger partial charge is 0.382 e. The van der Waals surface area contributed by atoms with Gasteiger partial charge in [0.2, 0.25) is 11.1 Å². The Labute approximate surface area is 136 Å². The number of nitro groups is 1. The first kappa shape index (κ1) is 16.5. The Balaban J connectivity index is 1.88. The Hall–Kier alpha value is -1.86. The summed E-state index contributed by atoms with van der Waals surface area (Å²) in [5.41, 5.74) is 0.456. The molecule has 1 aliphatic heterocycles. The lowest BCUT2D eigenvalue weighted by Gasteiger charge is -2.17. The number of nitrogens with zero attached hydrogens (tertiary/aromatic N) is 2. The van der Waals surface area contributed by atoms with Crippen LogP contribution in [0, 0.1) is 16.0 Å². The smallest absolute Gasteiger partial charge is 0.271 e. The lowest BCUT2D eigenvalue weighted by molar-refractivity contribution is -0.384. The van der Waals surface area contributed by atoms with Crippen LogP contribution in [0.1, 0.15) is 6.42 Å². The minimum absolute atomic E-state index is 0.0891. The van der Waals surface area contributed by atoms with Crippen molar-refractivity contribution < 1.29 is 14.5 Å².